The number of Topliss-reactive ketones (excluding diaryl/α,β-unsaturated/α-hetero) is 1. The first kappa shape index (κ1) is 19.0. The second-order valence-electron chi connectivity index (χ2n) is 6.90. The summed E-state index contributed by atoms with van der Waals surface area (Å²) in [5.41, 5.74) is -1.86. The first-order valence-corrected chi connectivity index (χ1v) is 8.66. The summed E-state index contributed by atoms with van der Waals surface area (Å²) in [5, 5.41) is 52.2. The van der Waals surface area contributed by atoms with Crippen molar-refractivity contribution in [2.45, 2.75) is 11.6 Å². The minimum absolute atomic E-state index is 0.105. The number of carboxylic acids is 1. The molecule has 0 aliphatic heterocycles. The van der Waals surface area contributed by atoms with Crippen molar-refractivity contribution in [3.8, 4) is 0 Å². The van der Waals surface area contributed by atoms with Gasteiger partial charge in [-0.15, -0.1) is 0 Å². The van der Waals surface area contributed by atoms with Crippen LogP contribution in [0.4, 0.5) is 0 Å². The van der Waals surface area contributed by atoms with Gasteiger partial charge in [-0.1, -0.05) is 48.6 Å². The van der Waals surface area contributed by atoms with E-state index in [2.05, 4.69) is 0 Å². The lowest BCUT2D eigenvalue weighted by Gasteiger charge is -2.35. The van der Waals surface area contributed by atoms with E-state index in [1.165, 1.54) is 18.2 Å². The van der Waals surface area contributed by atoms with Crippen molar-refractivity contribution in [2.75, 3.05) is 0 Å². The molecule has 0 amide bonds. The van der Waals surface area contributed by atoms with Crippen LogP contribution in [0.5, 0.6) is 0 Å². The SMILES string of the molecule is O=C(O)C1=C(C(=O)c2ccc3ccccc3c2)C2=CC=CC(O)(O)C2=CC1(O)O. The highest BCUT2D eigenvalue weighted by molar-refractivity contribution is 6.18. The maximum Gasteiger partial charge on any atom is 0.338 e. The molecule has 0 radical (unpaired) electrons. The van der Waals surface area contributed by atoms with Crippen molar-refractivity contribution in [2.24, 2.45) is 0 Å². The topological polar surface area (TPSA) is 135 Å². The molecule has 0 bridgehead atoms. The van der Waals surface area contributed by atoms with Gasteiger partial charge in [-0.3, -0.25) is 4.79 Å². The van der Waals surface area contributed by atoms with E-state index in [0.29, 0.717) is 6.08 Å². The van der Waals surface area contributed by atoms with Crippen molar-refractivity contribution in [3.63, 3.8) is 0 Å². The number of aliphatic hydroxyl groups is 4. The summed E-state index contributed by atoms with van der Waals surface area (Å²) in [4.78, 5) is 25.1. The molecule has 146 valence electrons. The van der Waals surface area contributed by atoms with Gasteiger partial charge in [-0.25, -0.2) is 4.79 Å². The zero-order valence-corrected chi connectivity index (χ0v) is 14.9. The molecule has 0 aromatic heterocycles. The molecular formula is C22H16O7. The minimum atomic E-state index is -3.08. The minimum Gasteiger partial charge on any atom is -0.478 e. The molecule has 5 N–H and O–H groups in total. The van der Waals surface area contributed by atoms with E-state index in [9.17, 15) is 35.1 Å². The van der Waals surface area contributed by atoms with Gasteiger partial charge in [0.05, 0.1) is 0 Å². The van der Waals surface area contributed by atoms with Crippen LogP contribution in [0.25, 0.3) is 10.8 Å². The fraction of sp³-hybridized carbons (Fsp3) is 0.0909. The van der Waals surface area contributed by atoms with E-state index in [-0.39, 0.29) is 16.7 Å². The van der Waals surface area contributed by atoms with E-state index >= 15 is 0 Å². The lowest BCUT2D eigenvalue weighted by atomic mass is 9.75. The number of rotatable bonds is 3. The van der Waals surface area contributed by atoms with E-state index in [4.69, 9.17) is 0 Å². The lowest BCUT2D eigenvalue weighted by Crippen LogP contribution is -2.43. The Morgan fingerprint density at radius 1 is 0.862 bits per heavy atom. The molecule has 0 atom stereocenters. The summed E-state index contributed by atoms with van der Waals surface area (Å²) in [5.74, 6) is -8.18. The molecule has 7 nitrogen and oxygen atoms in total. The summed E-state index contributed by atoms with van der Waals surface area (Å²) in [6, 6.07) is 12.0. The normalized spacial score (nSPS) is 19.4. The fourth-order valence-corrected chi connectivity index (χ4v) is 3.63. The Morgan fingerprint density at radius 2 is 1.55 bits per heavy atom. The highest BCUT2D eigenvalue weighted by atomic mass is 16.5. The van der Waals surface area contributed by atoms with Crippen LogP contribution in [-0.4, -0.2) is 48.9 Å². The van der Waals surface area contributed by atoms with Crippen molar-refractivity contribution in [3.05, 3.63) is 94.6 Å². The van der Waals surface area contributed by atoms with Crippen molar-refractivity contribution < 1.29 is 35.1 Å². The van der Waals surface area contributed by atoms with E-state index in [1.807, 2.05) is 12.1 Å². The zero-order chi connectivity index (χ0) is 21.0. The van der Waals surface area contributed by atoms with Crippen LogP contribution in [0.3, 0.4) is 0 Å². The van der Waals surface area contributed by atoms with Gasteiger partial charge in [0.15, 0.2) is 5.78 Å². The predicted molar refractivity (Wildman–Crippen MR) is 103 cm³/mol. The van der Waals surface area contributed by atoms with E-state index < -0.39 is 34.5 Å². The Kier molecular flexibility index (Phi) is 4.14. The maximum absolute atomic E-state index is 13.3. The Bertz CT molecular complexity index is 1190. The molecule has 0 saturated heterocycles. The van der Waals surface area contributed by atoms with Gasteiger partial charge >= 0.3 is 5.97 Å². The third-order valence-electron chi connectivity index (χ3n) is 4.96. The summed E-state index contributed by atoms with van der Waals surface area (Å²) in [7, 11) is 0. The Morgan fingerprint density at radius 3 is 2.24 bits per heavy atom. The van der Waals surface area contributed by atoms with Crippen LogP contribution >= 0.6 is 0 Å². The highest BCUT2D eigenvalue weighted by Crippen LogP contribution is 2.42. The third-order valence-corrected chi connectivity index (χ3v) is 4.96. The van der Waals surface area contributed by atoms with Crippen LogP contribution in [0.2, 0.25) is 0 Å². The smallest absolute Gasteiger partial charge is 0.338 e. The van der Waals surface area contributed by atoms with E-state index in [1.54, 1.807) is 24.3 Å². The third kappa shape index (κ3) is 3.02. The summed E-state index contributed by atoms with van der Waals surface area (Å²) >= 11 is 0. The van der Waals surface area contributed by atoms with Crippen LogP contribution in [0, 0.1) is 0 Å². The molecule has 0 unspecified atom stereocenters. The first-order chi connectivity index (χ1) is 13.6. The van der Waals surface area contributed by atoms with Gasteiger partial charge in [0.25, 0.3) is 0 Å². The lowest BCUT2D eigenvalue weighted by molar-refractivity contribution is -0.144. The fourth-order valence-electron chi connectivity index (χ4n) is 3.63. The quantitative estimate of drug-likeness (QED) is 0.391. The summed E-state index contributed by atoms with van der Waals surface area (Å²) in [6.45, 7) is 0. The van der Waals surface area contributed by atoms with Gasteiger partial charge in [-0.2, -0.15) is 0 Å². The standard InChI is InChI=1S/C22H16O7/c23-19(14-8-7-12-4-1-2-5-13(12)10-14)17-15-6-3-9-21(26,27)16(15)11-22(28,29)18(17)20(24)25/h1-11,26-29H,(H,24,25). The van der Waals surface area contributed by atoms with Gasteiger partial charge in [0, 0.05) is 16.7 Å². The van der Waals surface area contributed by atoms with Gasteiger partial charge in [0.1, 0.15) is 5.57 Å². The number of benzene rings is 2. The second kappa shape index (κ2) is 6.33. The predicted octanol–water partition coefficient (Wildman–Crippen LogP) is 1.20. The van der Waals surface area contributed by atoms with E-state index in [0.717, 1.165) is 16.8 Å². The number of hydrogen-bond donors (Lipinski definition) is 5. The van der Waals surface area contributed by atoms with Crippen LogP contribution in [0.1, 0.15) is 10.4 Å². The molecule has 0 heterocycles. The number of carbonyl (C=O) groups excluding carboxylic acids is 1. The number of allylic oxidation sites excluding steroid dienone is 3. The molecule has 0 fully saturated rings. The number of fused-ring (bicyclic) bond motifs is 2. The molecule has 4 rings (SSSR count). The molecule has 7 heteroatoms. The van der Waals surface area contributed by atoms with Gasteiger partial charge in [0.2, 0.25) is 11.6 Å². The average molecular weight is 392 g/mol. The largest absolute Gasteiger partial charge is 0.478 e. The molecule has 2 aromatic rings. The number of aliphatic carboxylic acids is 1. The van der Waals surface area contributed by atoms with Crippen LogP contribution < -0.4 is 0 Å². The molecule has 2 aromatic carbocycles. The zero-order valence-electron chi connectivity index (χ0n) is 14.9. The van der Waals surface area contributed by atoms with Crippen molar-refractivity contribution in [1.29, 1.82) is 0 Å². The molecule has 2 aliphatic rings. The molecule has 0 saturated carbocycles. The molecule has 2 aliphatic carbocycles. The number of carboxylic acid groups (broad SMARTS) is 1. The Hall–Kier alpha value is -3.36. The molecule has 0 spiro atoms. The molecular weight excluding hydrogens is 376 g/mol. The maximum atomic E-state index is 13.3. The summed E-state index contributed by atoms with van der Waals surface area (Å²) in [6.07, 6.45) is 4.16. The first-order valence-electron chi connectivity index (χ1n) is 8.66. The second-order valence-corrected chi connectivity index (χ2v) is 6.90. The average Bonchev–Trinajstić information content (AvgIpc) is 2.66. The number of ketones is 1. The van der Waals surface area contributed by atoms with Crippen LogP contribution in [0.15, 0.2) is 89.1 Å². The Labute approximate surface area is 164 Å². The number of hydrogen-bond acceptors (Lipinski definition) is 6. The van der Waals surface area contributed by atoms with Crippen molar-refractivity contribution >= 4 is 22.5 Å². The summed E-state index contributed by atoms with van der Waals surface area (Å²) < 4.78 is 0. The Balaban J connectivity index is 1.96. The van der Waals surface area contributed by atoms with Crippen LogP contribution in [-0.2, 0) is 4.79 Å². The number of carbonyl (C=O) groups is 2. The van der Waals surface area contributed by atoms with Gasteiger partial charge < -0.3 is 25.5 Å². The van der Waals surface area contributed by atoms with Gasteiger partial charge in [-0.05, 0) is 34.6 Å². The highest BCUT2D eigenvalue weighted by Gasteiger charge is 2.47. The van der Waals surface area contributed by atoms with Crippen molar-refractivity contribution in [1.82, 2.24) is 0 Å². The molecule has 29 heavy (non-hydrogen) atoms. The monoisotopic (exact) mass is 392 g/mol.